The van der Waals surface area contributed by atoms with Crippen LogP contribution >= 0.6 is 0 Å². The van der Waals surface area contributed by atoms with Crippen LogP contribution in [0.15, 0.2) is 30.3 Å². The number of amides is 1. The van der Waals surface area contributed by atoms with Crippen LogP contribution in [-0.2, 0) is 9.53 Å². The summed E-state index contributed by atoms with van der Waals surface area (Å²) in [5, 5.41) is 2.85. The molecule has 1 aromatic rings. The van der Waals surface area contributed by atoms with E-state index in [4.69, 9.17) is 4.74 Å². The molecule has 4 heteroatoms. The van der Waals surface area contributed by atoms with Crippen molar-refractivity contribution in [2.24, 2.45) is 0 Å². The topological polar surface area (TPSA) is 41.6 Å². The summed E-state index contributed by atoms with van der Waals surface area (Å²) in [6.07, 6.45) is 2.51. The van der Waals surface area contributed by atoms with E-state index >= 15 is 0 Å². The lowest BCUT2D eigenvalue weighted by atomic mass is 10.2. The number of hydrogen-bond acceptors (Lipinski definition) is 3. The number of ether oxygens (including phenoxy) is 1. The largest absolute Gasteiger partial charge is 0.377 e. The molecule has 1 amide bonds. The number of nitrogens with one attached hydrogen (secondary N) is 1. The zero-order chi connectivity index (χ0) is 15.6. The second kappa shape index (κ2) is 9.24. The highest BCUT2D eigenvalue weighted by molar-refractivity contribution is 5.78. The van der Waals surface area contributed by atoms with Gasteiger partial charge < -0.3 is 10.1 Å². The Hall–Kier alpha value is -1.83. The standard InChI is InChI=1S/C18H24N2O2/c1-2-20(14-17-11-7-13-22-17)15-18(21)19-12-6-10-16-8-4-3-5-9-16/h3-5,8-9,17H,2,7,11-15H2,1H3,(H,19,21). The third-order valence-corrected chi connectivity index (χ3v) is 3.68. The van der Waals surface area contributed by atoms with Gasteiger partial charge in [-0.15, -0.1) is 0 Å². The van der Waals surface area contributed by atoms with Gasteiger partial charge in [0.25, 0.3) is 0 Å². The molecule has 4 nitrogen and oxygen atoms in total. The molecule has 2 rings (SSSR count). The molecule has 0 radical (unpaired) electrons. The third-order valence-electron chi connectivity index (χ3n) is 3.68. The average molecular weight is 300 g/mol. The van der Waals surface area contributed by atoms with Crippen molar-refractivity contribution in [2.45, 2.75) is 25.9 Å². The van der Waals surface area contributed by atoms with E-state index in [1.807, 2.05) is 30.3 Å². The van der Waals surface area contributed by atoms with Crippen LogP contribution in [0.2, 0.25) is 0 Å². The maximum atomic E-state index is 11.9. The van der Waals surface area contributed by atoms with Gasteiger partial charge >= 0.3 is 0 Å². The van der Waals surface area contributed by atoms with Crippen LogP contribution in [-0.4, -0.2) is 49.7 Å². The van der Waals surface area contributed by atoms with Gasteiger partial charge in [0.2, 0.25) is 5.91 Å². The van der Waals surface area contributed by atoms with Crippen molar-refractivity contribution in [1.82, 2.24) is 10.2 Å². The second-order valence-corrected chi connectivity index (χ2v) is 5.41. The minimum Gasteiger partial charge on any atom is -0.377 e. The molecule has 1 aliphatic rings. The summed E-state index contributed by atoms with van der Waals surface area (Å²) in [5.41, 5.74) is 0.963. The molecule has 1 atom stereocenters. The van der Waals surface area contributed by atoms with Gasteiger partial charge in [-0.3, -0.25) is 9.69 Å². The van der Waals surface area contributed by atoms with Gasteiger partial charge in [-0.1, -0.05) is 37.0 Å². The maximum Gasteiger partial charge on any atom is 0.234 e. The summed E-state index contributed by atoms with van der Waals surface area (Å²) in [6.45, 7) is 5.39. The summed E-state index contributed by atoms with van der Waals surface area (Å²) in [4.78, 5) is 14.1. The number of rotatable bonds is 6. The zero-order valence-corrected chi connectivity index (χ0v) is 13.2. The summed E-state index contributed by atoms with van der Waals surface area (Å²) >= 11 is 0. The quantitative estimate of drug-likeness (QED) is 0.812. The van der Waals surface area contributed by atoms with E-state index in [1.165, 1.54) is 0 Å². The zero-order valence-electron chi connectivity index (χ0n) is 13.2. The molecule has 0 bridgehead atoms. The minimum atomic E-state index is 0.0159. The Balaban J connectivity index is 1.69. The molecule has 1 heterocycles. The van der Waals surface area contributed by atoms with E-state index in [2.05, 4.69) is 29.0 Å². The van der Waals surface area contributed by atoms with E-state index in [0.717, 1.165) is 38.1 Å². The predicted molar refractivity (Wildman–Crippen MR) is 87.4 cm³/mol. The van der Waals surface area contributed by atoms with Gasteiger partial charge in [-0.25, -0.2) is 0 Å². The Morgan fingerprint density at radius 2 is 2.23 bits per heavy atom. The molecule has 1 saturated heterocycles. The highest BCUT2D eigenvalue weighted by Crippen LogP contribution is 2.12. The van der Waals surface area contributed by atoms with Crippen LogP contribution in [0.5, 0.6) is 0 Å². The van der Waals surface area contributed by atoms with E-state index < -0.39 is 0 Å². The Labute approximate surface area is 132 Å². The third kappa shape index (κ3) is 5.88. The first-order valence-electron chi connectivity index (χ1n) is 7.92. The fraction of sp³-hybridized carbons (Fsp3) is 0.500. The normalized spacial score (nSPS) is 17.1. The van der Waals surface area contributed by atoms with Gasteiger partial charge in [-0.2, -0.15) is 0 Å². The molecule has 1 aliphatic heterocycles. The van der Waals surface area contributed by atoms with Gasteiger partial charge in [0.1, 0.15) is 0 Å². The number of hydrogen-bond donors (Lipinski definition) is 1. The Kier molecular flexibility index (Phi) is 6.95. The average Bonchev–Trinajstić information content (AvgIpc) is 3.05. The molecule has 22 heavy (non-hydrogen) atoms. The molecule has 1 aromatic carbocycles. The van der Waals surface area contributed by atoms with Crippen LogP contribution in [0.25, 0.3) is 0 Å². The number of carbonyl (C=O) groups is 1. The lowest BCUT2D eigenvalue weighted by molar-refractivity contribution is -0.122. The number of nitrogens with zero attached hydrogens (tertiary/aromatic N) is 1. The van der Waals surface area contributed by atoms with Gasteiger partial charge in [0.05, 0.1) is 19.2 Å². The number of benzene rings is 1. The van der Waals surface area contributed by atoms with Crippen molar-refractivity contribution in [3.8, 4) is 11.8 Å². The van der Waals surface area contributed by atoms with E-state index in [1.54, 1.807) is 0 Å². The molecule has 1 N–H and O–H groups in total. The van der Waals surface area contributed by atoms with Crippen molar-refractivity contribution in [3.05, 3.63) is 35.9 Å². The highest BCUT2D eigenvalue weighted by atomic mass is 16.5. The van der Waals surface area contributed by atoms with Crippen LogP contribution in [0.4, 0.5) is 0 Å². The SMILES string of the molecule is CCN(CC(=O)NCC#Cc1ccccc1)CC1CCCO1. The Bertz CT molecular complexity index is 513. The molecular formula is C18H24N2O2. The summed E-state index contributed by atoms with van der Waals surface area (Å²) in [7, 11) is 0. The lowest BCUT2D eigenvalue weighted by Crippen LogP contribution is -2.40. The molecule has 1 unspecified atom stereocenters. The van der Waals surface area contributed by atoms with Gasteiger partial charge in [-0.05, 0) is 31.5 Å². The Morgan fingerprint density at radius 1 is 1.41 bits per heavy atom. The molecular weight excluding hydrogens is 276 g/mol. The van der Waals surface area contributed by atoms with Crippen molar-refractivity contribution in [1.29, 1.82) is 0 Å². The molecule has 0 aliphatic carbocycles. The van der Waals surface area contributed by atoms with Crippen molar-refractivity contribution >= 4 is 5.91 Å². The van der Waals surface area contributed by atoms with E-state index in [-0.39, 0.29) is 12.0 Å². The Morgan fingerprint density at radius 3 is 2.91 bits per heavy atom. The molecule has 0 aromatic heterocycles. The van der Waals surface area contributed by atoms with Crippen LogP contribution in [0.1, 0.15) is 25.3 Å². The fourth-order valence-electron chi connectivity index (χ4n) is 2.45. The van der Waals surface area contributed by atoms with Gasteiger partial charge in [0, 0.05) is 18.7 Å². The lowest BCUT2D eigenvalue weighted by Gasteiger charge is -2.22. The first-order chi connectivity index (χ1) is 10.8. The minimum absolute atomic E-state index is 0.0159. The van der Waals surface area contributed by atoms with E-state index in [9.17, 15) is 4.79 Å². The summed E-state index contributed by atoms with van der Waals surface area (Å²) in [6, 6.07) is 9.77. The first-order valence-corrected chi connectivity index (χ1v) is 7.92. The second-order valence-electron chi connectivity index (χ2n) is 5.41. The number of likely N-dealkylation sites (N-methyl/N-ethyl adjacent to an activating group) is 1. The monoisotopic (exact) mass is 300 g/mol. The van der Waals surface area contributed by atoms with E-state index in [0.29, 0.717) is 13.1 Å². The molecule has 118 valence electrons. The molecule has 1 fully saturated rings. The van der Waals surface area contributed by atoms with Crippen molar-refractivity contribution < 1.29 is 9.53 Å². The summed E-state index contributed by atoms with van der Waals surface area (Å²) < 4.78 is 5.62. The summed E-state index contributed by atoms with van der Waals surface area (Å²) in [5.74, 6) is 6.02. The predicted octanol–water partition coefficient (Wildman–Crippen LogP) is 1.66. The van der Waals surface area contributed by atoms with Crippen LogP contribution < -0.4 is 5.32 Å². The fourth-order valence-corrected chi connectivity index (χ4v) is 2.45. The highest BCUT2D eigenvalue weighted by Gasteiger charge is 2.19. The van der Waals surface area contributed by atoms with Crippen LogP contribution in [0.3, 0.4) is 0 Å². The molecule has 0 spiro atoms. The number of carbonyl (C=O) groups excluding carboxylic acids is 1. The molecule has 0 saturated carbocycles. The first kappa shape index (κ1) is 16.5. The smallest absolute Gasteiger partial charge is 0.234 e. The maximum absolute atomic E-state index is 11.9. The van der Waals surface area contributed by atoms with Crippen molar-refractivity contribution in [2.75, 3.05) is 32.8 Å². The van der Waals surface area contributed by atoms with Gasteiger partial charge in [0.15, 0.2) is 0 Å². The van der Waals surface area contributed by atoms with Crippen LogP contribution in [0, 0.1) is 11.8 Å². The van der Waals surface area contributed by atoms with Crippen molar-refractivity contribution in [3.63, 3.8) is 0 Å².